The molecule has 0 aliphatic rings. The van der Waals surface area contributed by atoms with Crippen LogP contribution in [0.1, 0.15) is 0 Å². The van der Waals surface area contributed by atoms with Gasteiger partial charge in [-0.3, -0.25) is 0 Å². The Kier molecular flexibility index (Phi) is 2.92. The van der Waals surface area contributed by atoms with E-state index in [1.165, 1.54) is 11.6 Å². The maximum atomic E-state index is 3.88. The summed E-state index contributed by atoms with van der Waals surface area (Å²) in [7, 11) is -0.912. The molecule has 0 spiro atoms. The van der Waals surface area contributed by atoms with Gasteiger partial charge in [0, 0.05) is 8.07 Å². The highest BCUT2D eigenvalue weighted by atomic mass is 28.3. The molecule has 0 atom stereocenters. The van der Waals surface area contributed by atoms with Crippen molar-refractivity contribution in [3.63, 3.8) is 0 Å². The van der Waals surface area contributed by atoms with Crippen molar-refractivity contribution < 1.29 is 0 Å². The zero-order chi connectivity index (χ0) is 7.49. The van der Waals surface area contributed by atoms with Crippen LogP contribution in [0.5, 0.6) is 0 Å². The predicted octanol–water partition coefficient (Wildman–Crippen LogP) is 3.07. The summed E-state index contributed by atoms with van der Waals surface area (Å²) in [6, 6.07) is 1.18. The second-order valence-electron chi connectivity index (χ2n) is 3.60. The molecular weight excluding hydrogens is 124 g/mol. The van der Waals surface area contributed by atoms with Crippen LogP contribution in [0, 0.1) is 0 Å². The Bertz CT molecular complexity index is 117. The molecule has 0 nitrogen and oxygen atoms in total. The standard InChI is InChI=1S/C8H16Si/c1-6-8(2)7-9(3,4)5/h6H,1-2,7H2,3-5H3. The molecule has 0 aromatic carbocycles. The maximum Gasteiger partial charge on any atom is 0.0486 e. The maximum absolute atomic E-state index is 3.88. The van der Waals surface area contributed by atoms with Crippen LogP contribution < -0.4 is 0 Å². The predicted molar refractivity (Wildman–Crippen MR) is 47.5 cm³/mol. The Hall–Kier alpha value is -0.303. The van der Waals surface area contributed by atoms with Crippen molar-refractivity contribution in [2.24, 2.45) is 0 Å². The first-order valence-corrected chi connectivity index (χ1v) is 6.96. The molecule has 0 amide bonds. The van der Waals surface area contributed by atoms with Crippen LogP contribution in [0.4, 0.5) is 0 Å². The highest BCUT2D eigenvalue weighted by Crippen LogP contribution is 2.14. The fraction of sp³-hybridized carbons (Fsp3) is 0.500. The Labute approximate surface area is 59.3 Å². The molecular formula is C8H16Si. The van der Waals surface area contributed by atoms with Gasteiger partial charge in [0.25, 0.3) is 0 Å². The van der Waals surface area contributed by atoms with Crippen LogP contribution in [-0.4, -0.2) is 8.07 Å². The van der Waals surface area contributed by atoms with E-state index in [9.17, 15) is 0 Å². The molecule has 0 aliphatic heterocycles. The highest BCUT2D eigenvalue weighted by molar-refractivity contribution is 6.76. The number of allylic oxidation sites excluding steroid dienone is 2. The molecule has 0 saturated heterocycles. The molecule has 0 aliphatic carbocycles. The zero-order valence-corrected chi connectivity index (χ0v) is 7.70. The molecule has 9 heavy (non-hydrogen) atoms. The number of rotatable bonds is 3. The molecule has 0 fully saturated rings. The van der Waals surface area contributed by atoms with E-state index in [4.69, 9.17) is 0 Å². The van der Waals surface area contributed by atoms with Crippen molar-refractivity contribution in [2.45, 2.75) is 25.7 Å². The van der Waals surface area contributed by atoms with Gasteiger partial charge in [0.2, 0.25) is 0 Å². The van der Waals surface area contributed by atoms with E-state index in [0.29, 0.717) is 0 Å². The summed E-state index contributed by atoms with van der Waals surface area (Å²) in [6.07, 6.45) is 1.86. The number of hydrogen-bond acceptors (Lipinski definition) is 0. The summed E-state index contributed by atoms with van der Waals surface area (Å²) < 4.78 is 0. The van der Waals surface area contributed by atoms with Crippen LogP contribution >= 0.6 is 0 Å². The Morgan fingerprint density at radius 2 is 1.89 bits per heavy atom. The Morgan fingerprint density at radius 1 is 1.44 bits per heavy atom. The molecule has 0 rings (SSSR count). The van der Waals surface area contributed by atoms with E-state index < -0.39 is 8.07 Å². The molecule has 0 aromatic heterocycles. The molecule has 0 bridgehead atoms. The topological polar surface area (TPSA) is 0 Å². The summed E-state index contributed by atoms with van der Waals surface area (Å²) >= 11 is 0. The Morgan fingerprint density at radius 3 is 2.00 bits per heavy atom. The van der Waals surface area contributed by atoms with Gasteiger partial charge in [0.1, 0.15) is 0 Å². The first-order valence-electron chi connectivity index (χ1n) is 3.26. The van der Waals surface area contributed by atoms with Gasteiger partial charge in [-0.25, -0.2) is 0 Å². The lowest BCUT2D eigenvalue weighted by atomic mass is 10.4. The fourth-order valence-electron chi connectivity index (χ4n) is 0.753. The molecule has 1 heteroatoms. The Balaban J connectivity index is 3.74. The largest absolute Gasteiger partial charge is 0.0988 e. The third-order valence-electron chi connectivity index (χ3n) is 1.05. The van der Waals surface area contributed by atoms with E-state index >= 15 is 0 Å². The van der Waals surface area contributed by atoms with Crippen molar-refractivity contribution in [2.75, 3.05) is 0 Å². The van der Waals surface area contributed by atoms with Crippen LogP contribution in [-0.2, 0) is 0 Å². The van der Waals surface area contributed by atoms with Gasteiger partial charge in [0.15, 0.2) is 0 Å². The zero-order valence-electron chi connectivity index (χ0n) is 6.70. The lowest BCUT2D eigenvalue weighted by Gasteiger charge is -2.14. The average Bonchev–Trinajstić information content (AvgIpc) is 1.62. The highest BCUT2D eigenvalue weighted by Gasteiger charge is 2.12. The summed E-state index contributed by atoms with van der Waals surface area (Å²) in [6.45, 7) is 14.5. The van der Waals surface area contributed by atoms with Crippen molar-refractivity contribution in [3.05, 3.63) is 24.8 Å². The SMILES string of the molecule is C=CC(=C)C[Si](C)(C)C. The molecule has 0 N–H and O–H groups in total. The van der Waals surface area contributed by atoms with Crippen LogP contribution in [0.15, 0.2) is 24.8 Å². The molecule has 0 aromatic rings. The van der Waals surface area contributed by atoms with Gasteiger partial charge in [-0.1, -0.05) is 44.4 Å². The van der Waals surface area contributed by atoms with Gasteiger partial charge in [-0.2, -0.15) is 0 Å². The normalized spacial score (nSPS) is 11.0. The van der Waals surface area contributed by atoms with Crippen LogP contribution in [0.2, 0.25) is 25.7 Å². The van der Waals surface area contributed by atoms with Crippen molar-refractivity contribution in [1.29, 1.82) is 0 Å². The van der Waals surface area contributed by atoms with Crippen LogP contribution in [0.25, 0.3) is 0 Å². The first-order chi connectivity index (χ1) is 3.95. The van der Waals surface area contributed by atoms with Crippen LogP contribution in [0.3, 0.4) is 0 Å². The monoisotopic (exact) mass is 140 g/mol. The summed E-state index contributed by atoms with van der Waals surface area (Å²) in [5.41, 5.74) is 1.19. The first kappa shape index (κ1) is 8.70. The van der Waals surface area contributed by atoms with E-state index in [1.54, 1.807) is 0 Å². The van der Waals surface area contributed by atoms with Crippen molar-refractivity contribution in [1.82, 2.24) is 0 Å². The molecule has 0 unspecified atom stereocenters. The molecule has 0 radical (unpaired) electrons. The molecule has 0 heterocycles. The third kappa shape index (κ3) is 5.57. The minimum atomic E-state index is -0.912. The van der Waals surface area contributed by atoms with Crippen molar-refractivity contribution >= 4 is 8.07 Å². The quantitative estimate of drug-likeness (QED) is 0.417. The van der Waals surface area contributed by atoms with Gasteiger partial charge in [-0.05, 0) is 6.04 Å². The summed E-state index contributed by atoms with van der Waals surface area (Å²) in [5, 5.41) is 0. The smallest absolute Gasteiger partial charge is 0.0486 e. The number of hydrogen-bond donors (Lipinski definition) is 0. The second-order valence-corrected chi connectivity index (χ2v) is 9.07. The lowest BCUT2D eigenvalue weighted by molar-refractivity contribution is 1.42. The third-order valence-corrected chi connectivity index (χ3v) is 2.56. The van der Waals surface area contributed by atoms with E-state index in [-0.39, 0.29) is 0 Å². The van der Waals surface area contributed by atoms with Gasteiger partial charge < -0.3 is 0 Å². The lowest BCUT2D eigenvalue weighted by Crippen LogP contribution is -2.19. The molecule has 52 valence electrons. The van der Waals surface area contributed by atoms with Gasteiger partial charge >= 0.3 is 0 Å². The second kappa shape index (κ2) is 3.02. The van der Waals surface area contributed by atoms with E-state index in [1.807, 2.05) is 6.08 Å². The summed E-state index contributed by atoms with van der Waals surface area (Å²) in [5.74, 6) is 0. The molecule has 0 saturated carbocycles. The minimum absolute atomic E-state index is 0.912. The van der Waals surface area contributed by atoms with Crippen molar-refractivity contribution in [3.8, 4) is 0 Å². The fourth-order valence-corrected chi connectivity index (χ4v) is 2.26. The van der Waals surface area contributed by atoms with E-state index in [2.05, 4.69) is 32.8 Å². The average molecular weight is 140 g/mol. The minimum Gasteiger partial charge on any atom is -0.0988 e. The van der Waals surface area contributed by atoms with Gasteiger partial charge in [-0.15, -0.1) is 0 Å². The van der Waals surface area contributed by atoms with E-state index in [0.717, 1.165) is 0 Å². The summed E-state index contributed by atoms with van der Waals surface area (Å²) in [4.78, 5) is 0. The van der Waals surface area contributed by atoms with Gasteiger partial charge in [0.05, 0.1) is 0 Å².